The molecule has 3 rings (SSSR count). The minimum Gasteiger partial charge on any atom is -0.492 e. The Morgan fingerprint density at radius 3 is 3.19 bits per heavy atom. The van der Waals surface area contributed by atoms with E-state index in [1.54, 1.807) is 11.8 Å². The molecule has 0 fully saturated rings. The number of thioether (sulfide) groups is 1. The van der Waals surface area contributed by atoms with Crippen LogP contribution in [0.1, 0.15) is 12.5 Å². The van der Waals surface area contributed by atoms with Crippen molar-refractivity contribution in [1.82, 2.24) is 10.2 Å². The molecule has 0 saturated heterocycles. The molecule has 21 heavy (non-hydrogen) atoms. The molecule has 1 unspecified atom stereocenters. The first-order valence-corrected chi connectivity index (χ1v) is 8.54. The molecular weight excluding hydrogens is 306 g/mol. The molecule has 0 bridgehead atoms. The van der Waals surface area contributed by atoms with Crippen molar-refractivity contribution in [1.29, 1.82) is 0 Å². The van der Waals surface area contributed by atoms with Gasteiger partial charge < -0.3 is 10.1 Å². The average Bonchev–Trinajstić information content (AvgIpc) is 2.94. The van der Waals surface area contributed by atoms with E-state index in [9.17, 15) is 4.79 Å². The molecule has 2 aromatic rings. The first kappa shape index (κ1) is 14.3. The van der Waals surface area contributed by atoms with Crippen LogP contribution in [0.2, 0.25) is 0 Å². The predicted molar refractivity (Wildman–Crippen MR) is 84.1 cm³/mol. The van der Waals surface area contributed by atoms with E-state index in [2.05, 4.69) is 22.4 Å². The van der Waals surface area contributed by atoms with Gasteiger partial charge in [0.2, 0.25) is 11.0 Å². The molecule has 5 nitrogen and oxygen atoms in total. The molecule has 0 radical (unpaired) electrons. The molecule has 1 aromatic heterocycles. The summed E-state index contributed by atoms with van der Waals surface area (Å²) in [5.41, 5.74) is 1.07. The van der Waals surface area contributed by atoms with Crippen LogP contribution in [-0.2, 0) is 11.2 Å². The van der Waals surface area contributed by atoms with Gasteiger partial charge in [-0.05, 0) is 23.8 Å². The summed E-state index contributed by atoms with van der Waals surface area (Å²) >= 11 is 3.02. The van der Waals surface area contributed by atoms with Crippen LogP contribution in [0.25, 0.3) is 0 Å². The highest BCUT2D eigenvalue weighted by molar-refractivity contribution is 8.01. The summed E-state index contributed by atoms with van der Waals surface area (Å²) in [6, 6.07) is 7.83. The predicted octanol–water partition coefficient (Wildman–Crippen LogP) is 2.84. The highest BCUT2D eigenvalue weighted by atomic mass is 32.2. The van der Waals surface area contributed by atoms with Gasteiger partial charge in [-0.2, -0.15) is 0 Å². The molecule has 1 N–H and O–H groups in total. The number of rotatable bonds is 4. The smallest absolute Gasteiger partial charge is 0.233 e. The maximum Gasteiger partial charge on any atom is 0.233 e. The summed E-state index contributed by atoms with van der Waals surface area (Å²) in [5.74, 6) is 1.56. The lowest BCUT2D eigenvalue weighted by atomic mass is 9.96. The lowest BCUT2D eigenvalue weighted by Crippen LogP contribution is -2.32. The Morgan fingerprint density at radius 2 is 2.33 bits per heavy atom. The fraction of sp³-hybridized carbons (Fsp3) is 0.357. The quantitative estimate of drug-likeness (QED) is 0.693. The number of ether oxygens (including phenoxy) is 1. The fourth-order valence-corrected chi connectivity index (χ4v) is 3.80. The fourth-order valence-electron chi connectivity index (χ4n) is 2.15. The highest BCUT2D eigenvalue weighted by Crippen LogP contribution is 2.29. The molecule has 0 aliphatic carbocycles. The summed E-state index contributed by atoms with van der Waals surface area (Å²) in [6.07, 6.45) is 0.692. The van der Waals surface area contributed by atoms with E-state index >= 15 is 0 Å². The third-order valence-electron chi connectivity index (χ3n) is 3.15. The summed E-state index contributed by atoms with van der Waals surface area (Å²) in [7, 11) is 0. The van der Waals surface area contributed by atoms with Gasteiger partial charge in [-0.1, -0.05) is 48.2 Å². The van der Waals surface area contributed by atoms with E-state index in [4.69, 9.17) is 4.74 Å². The van der Waals surface area contributed by atoms with Crippen molar-refractivity contribution in [3.05, 3.63) is 29.8 Å². The lowest BCUT2D eigenvalue weighted by molar-refractivity contribution is -0.121. The van der Waals surface area contributed by atoms with Gasteiger partial charge >= 0.3 is 0 Å². The first-order chi connectivity index (χ1) is 10.3. The number of nitrogens with zero attached hydrogens (tertiary/aromatic N) is 2. The molecule has 1 amide bonds. The highest BCUT2D eigenvalue weighted by Gasteiger charge is 2.26. The Morgan fingerprint density at radius 1 is 1.48 bits per heavy atom. The molecule has 1 aromatic carbocycles. The van der Waals surface area contributed by atoms with Crippen molar-refractivity contribution >= 4 is 34.1 Å². The number of para-hydroxylation sites is 1. The van der Waals surface area contributed by atoms with Gasteiger partial charge in [-0.25, -0.2) is 0 Å². The van der Waals surface area contributed by atoms with Crippen molar-refractivity contribution in [2.45, 2.75) is 17.7 Å². The van der Waals surface area contributed by atoms with Crippen molar-refractivity contribution in [3.8, 4) is 5.75 Å². The summed E-state index contributed by atoms with van der Waals surface area (Å²) in [6.45, 7) is 2.46. The van der Waals surface area contributed by atoms with Crippen LogP contribution < -0.4 is 10.1 Å². The van der Waals surface area contributed by atoms with Crippen molar-refractivity contribution in [2.75, 3.05) is 17.7 Å². The normalized spacial score (nSPS) is 16.9. The Hall–Kier alpha value is -1.60. The van der Waals surface area contributed by atoms with Gasteiger partial charge in [0.05, 0.1) is 5.92 Å². The Kier molecular flexibility index (Phi) is 4.40. The number of aromatic nitrogens is 2. The molecule has 110 valence electrons. The van der Waals surface area contributed by atoms with Crippen molar-refractivity contribution < 1.29 is 9.53 Å². The molecule has 7 heteroatoms. The number of carbonyl (C=O) groups excluding carboxylic acids is 1. The number of fused-ring (bicyclic) bond motifs is 1. The molecule has 0 saturated carbocycles. The minimum atomic E-state index is -0.189. The lowest BCUT2D eigenvalue weighted by Gasteiger charge is -2.23. The van der Waals surface area contributed by atoms with E-state index in [1.807, 2.05) is 24.3 Å². The van der Waals surface area contributed by atoms with Crippen LogP contribution in [0.15, 0.2) is 28.6 Å². The third kappa shape index (κ3) is 3.36. The summed E-state index contributed by atoms with van der Waals surface area (Å²) in [4.78, 5) is 12.3. The van der Waals surface area contributed by atoms with E-state index < -0.39 is 0 Å². The van der Waals surface area contributed by atoms with Crippen LogP contribution >= 0.6 is 23.1 Å². The Labute approximate surface area is 131 Å². The van der Waals surface area contributed by atoms with E-state index in [1.165, 1.54) is 11.3 Å². The summed E-state index contributed by atoms with van der Waals surface area (Å²) < 4.78 is 6.51. The molecule has 1 atom stereocenters. The number of amides is 1. The van der Waals surface area contributed by atoms with Gasteiger partial charge in [-0.15, -0.1) is 10.2 Å². The van der Waals surface area contributed by atoms with E-state index in [0.29, 0.717) is 18.2 Å². The van der Waals surface area contributed by atoms with Crippen LogP contribution in [0.3, 0.4) is 0 Å². The Balaban J connectivity index is 1.63. The van der Waals surface area contributed by atoms with Gasteiger partial charge in [0.15, 0.2) is 4.34 Å². The standard InChI is InChI=1S/C14H15N3O2S2/c1-2-20-14-17-16-13(21-14)15-12(18)10-7-9-5-3-4-6-11(9)19-8-10/h3-6,10H,2,7-8H2,1H3,(H,15,16,18). The molecular formula is C14H15N3O2S2. The van der Waals surface area contributed by atoms with Crippen molar-refractivity contribution in [2.24, 2.45) is 5.92 Å². The number of hydrogen-bond acceptors (Lipinski definition) is 6. The van der Waals surface area contributed by atoms with E-state index in [-0.39, 0.29) is 11.8 Å². The average molecular weight is 321 g/mol. The summed E-state index contributed by atoms with van der Waals surface area (Å²) in [5, 5.41) is 11.4. The topological polar surface area (TPSA) is 64.1 Å². The largest absolute Gasteiger partial charge is 0.492 e. The zero-order valence-electron chi connectivity index (χ0n) is 11.5. The zero-order valence-corrected chi connectivity index (χ0v) is 13.2. The second kappa shape index (κ2) is 6.44. The first-order valence-electron chi connectivity index (χ1n) is 6.74. The minimum absolute atomic E-state index is 0.0614. The van der Waals surface area contributed by atoms with Gasteiger partial charge in [0, 0.05) is 0 Å². The van der Waals surface area contributed by atoms with Crippen LogP contribution in [0.4, 0.5) is 5.13 Å². The molecule has 1 aliphatic rings. The maximum atomic E-state index is 12.3. The number of benzene rings is 1. The van der Waals surface area contributed by atoms with E-state index in [0.717, 1.165) is 21.4 Å². The number of carbonyl (C=O) groups is 1. The van der Waals surface area contributed by atoms with Crippen LogP contribution in [-0.4, -0.2) is 28.5 Å². The third-order valence-corrected chi connectivity index (χ3v) is 5.01. The number of anilines is 1. The van der Waals surface area contributed by atoms with Gasteiger partial charge in [-0.3, -0.25) is 4.79 Å². The maximum absolute atomic E-state index is 12.3. The van der Waals surface area contributed by atoms with Gasteiger partial charge in [0.1, 0.15) is 12.4 Å². The monoisotopic (exact) mass is 321 g/mol. The number of nitrogens with one attached hydrogen (secondary N) is 1. The molecule has 2 heterocycles. The molecule has 0 spiro atoms. The second-order valence-electron chi connectivity index (χ2n) is 4.62. The van der Waals surface area contributed by atoms with Crippen molar-refractivity contribution in [3.63, 3.8) is 0 Å². The van der Waals surface area contributed by atoms with Crippen LogP contribution in [0.5, 0.6) is 5.75 Å². The molecule has 1 aliphatic heterocycles. The number of hydrogen-bond donors (Lipinski definition) is 1. The zero-order chi connectivity index (χ0) is 14.7. The van der Waals surface area contributed by atoms with Gasteiger partial charge in [0.25, 0.3) is 0 Å². The Bertz CT molecular complexity index is 645. The van der Waals surface area contributed by atoms with Crippen LogP contribution in [0, 0.1) is 5.92 Å². The second-order valence-corrected chi connectivity index (χ2v) is 7.10. The SMILES string of the molecule is CCSc1nnc(NC(=O)C2COc3ccccc3C2)s1.